The Bertz CT molecular complexity index is 774. The monoisotopic (exact) mass is 520 g/mol. The van der Waals surface area contributed by atoms with Crippen molar-refractivity contribution in [1.82, 2.24) is 15.6 Å². The van der Waals surface area contributed by atoms with Gasteiger partial charge in [-0.05, 0) is 38.0 Å². The SMILES string of the molecule is CCOc1cccc(CNC(=NC)NCCc2ccc(C)nc2)c1OC(F)F.I. The second-order valence-corrected chi connectivity index (χ2v) is 5.97. The van der Waals surface area contributed by atoms with Gasteiger partial charge in [0.1, 0.15) is 0 Å². The third-order valence-corrected chi connectivity index (χ3v) is 3.92. The number of hydrogen-bond acceptors (Lipinski definition) is 4. The molecule has 0 saturated heterocycles. The van der Waals surface area contributed by atoms with Crippen molar-refractivity contribution in [2.45, 2.75) is 33.4 Å². The first-order chi connectivity index (χ1) is 13.5. The lowest BCUT2D eigenvalue weighted by atomic mass is 10.2. The number of nitrogens with zero attached hydrogens (tertiary/aromatic N) is 2. The molecular weight excluding hydrogens is 493 g/mol. The average Bonchev–Trinajstić information content (AvgIpc) is 2.68. The molecule has 0 aliphatic rings. The first-order valence-corrected chi connectivity index (χ1v) is 9.09. The van der Waals surface area contributed by atoms with Crippen molar-refractivity contribution in [1.29, 1.82) is 0 Å². The summed E-state index contributed by atoms with van der Waals surface area (Å²) in [6.45, 7) is 2.07. The van der Waals surface area contributed by atoms with Crippen molar-refractivity contribution >= 4 is 29.9 Å². The summed E-state index contributed by atoms with van der Waals surface area (Å²) in [6.07, 6.45) is 2.63. The molecule has 0 spiro atoms. The molecule has 0 amide bonds. The molecule has 1 heterocycles. The first kappa shape index (κ1) is 24.9. The number of benzene rings is 1. The topological polar surface area (TPSA) is 67.8 Å². The maximum atomic E-state index is 12.8. The molecule has 160 valence electrons. The van der Waals surface area contributed by atoms with E-state index in [1.54, 1.807) is 32.2 Å². The largest absolute Gasteiger partial charge is 0.490 e. The minimum Gasteiger partial charge on any atom is -0.490 e. The summed E-state index contributed by atoms with van der Waals surface area (Å²) in [5.41, 5.74) is 2.65. The molecule has 2 rings (SSSR count). The molecule has 1 aromatic heterocycles. The van der Waals surface area contributed by atoms with Crippen LogP contribution in [0, 0.1) is 6.92 Å². The molecule has 0 fully saturated rings. The van der Waals surface area contributed by atoms with E-state index in [0.717, 1.165) is 17.7 Å². The van der Waals surface area contributed by atoms with Crippen LogP contribution in [0.4, 0.5) is 8.78 Å². The van der Waals surface area contributed by atoms with Gasteiger partial charge in [-0.15, -0.1) is 24.0 Å². The summed E-state index contributed by atoms with van der Waals surface area (Å²) in [5, 5.41) is 6.30. The standard InChI is InChI=1S/C20H26F2N4O2.HI/c1-4-27-17-7-5-6-16(18(17)28-19(21)22)13-26-20(23-3)24-11-10-15-9-8-14(2)25-12-15;/h5-9,12,19H,4,10-11,13H2,1-3H3,(H2,23,24,26);1H. The third-order valence-electron chi connectivity index (χ3n) is 3.92. The van der Waals surface area contributed by atoms with Gasteiger partial charge in [-0.1, -0.05) is 18.2 Å². The molecule has 29 heavy (non-hydrogen) atoms. The third kappa shape index (κ3) is 8.38. The number of alkyl halides is 2. The summed E-state index contributed by atoms with van der Waals surface area (Å²) in [5.74, 6) is 0.884. The van der Waals surface area contributed by atoms with Crippen LogP contribution in [0.25, 0.3) is 0 Å². The van der Waals surface area contributed by atoms with Crippen molar-refractivity contribution in [2.75, 3.05) is 20.2 Å². The maximum Gasteiger partial charge on any atom is 0.387 e. The highest BCUT2D eigenvalue weighted by Gasteiger charge is 2.16. The van der Waals surface area contributed by atoms with E-state index < -0.39 is 6.61 Å². The Morgan fingerprint density at radius 1 is 1.21 bits per heavy atom. The van der Waals surface area contributed by atoms with Crippen molar-refractivity contribution in [3.05, 3.63) is 53.3 Å². The van der Waals surface area contributed by atoms with Gasteiger partial charge in [-0.25, -0.2) is 0 Å². The molecule has 0 aliphatic heterocycles. The molecule has 0 bridgehead atoms. The number of ether oxygens (including phenoxy) is 2. The molecule has 0 unspecified atom stereocenters. The Hall–Kier alpha value is -2.17. The fourth-order valence-corrected chi connectivity index (χ4v) is 2.56. The summed E-state index contributed by atoms with van der Waals surface area (Å²) in [6, 6.07) is 9.05. The van der Waals surface area contributed by atoms with Crippen LogP contribution in [0.5, 0.6) is 11.5 Å². The highest BCUT2D eigenvalue weighted by atomic mass is 127. The lowest BCUT2D eigenvalue weighted by Gasteiger charge is -2.17. The highest BCUT2D eigenvalue weighted by molar-refractivity contribution is 14.0. The fraction of sp³-hybridized carbons (Fsp3) is 0.400. The molecule has 0 saturated carbocycles. The zero-order chi connectivity index (χ0) is 20.4. The molecule has 0 radical (unpaired) electrons. The lowest BCUT2D eigenvalue weighted by Crippen LogP contribution is -2.38. The summed E-state index contributed by atoms with van der Waals surface area (Å²) in [4.78, 5) is 8.43. The molecular formula is C20H27F2IN4O2. The van der Waals surface area contributed by atoms with E-state index in [1.165, 1.54) is 0 Å². The zero-order valence-electron chi connectivity index (χ0n) is 16.7. The van der Waals surface area contributed by atoms with Crippen LogP contribution in [0.3, 0.4) is 0 Å². The number of aromatic nitrogens is 1. The van der Waals surface area contributed by atoms with Crippen LogP contribution in [0.2, 0.25) is 0 Å². The number of hydrogen-bond donors (Lipinski definition) is 2. The number of nitrogens with one attached hydrogen (secondary N) is 2. The smallest absolute Gasteiger partial charge is 0.387 e. The van der Waals surface area contributed by atoms with Gasteiger partial charge >= 0.3 is 6.61 Å². The fourth-order valence-electron chi connectivity index (χ4n) is 2.56. The van der Waals surface area contributed by atoms with E-state index >= 15 is 0 Å². The van der Waals surface area contributed by atoms with Crippen molar-refractivity contribution in [2.24, 2.45) is 4.99 Å². The van der Waals surface area contributed by atoms with Gasteiger partial charge in [0.05, 0.1) is 6.61 Å². The van der Waals surface area contributed by atoms with E-state index in [2.05, 4.69) is 25.3 Å². The van der Waals surface area contributed by atoms with Crippen molar-refractivity contribution in [3.8, 4) is 11.5 Å². The van der Waals surface area contributed by atoms with Crippen LogP contribution < -0.4 is 20.1 Å². The summed E-state index contributed by atoms with van der Waals surface area (Å²) >= 11 is 0. The van der Waals surface area contributed by atoms with Gasteiger partial charge < -0.3 is 20.1 Å². The van der Waals surface area contributed by atoms with E-state index in [-0.39, 0.29) is 42.0 Å². The number of pyridine rings is 1. The van der Waals surface area contributed by atoms with E-state index in [1.807, 2.05) is 25.3 Å². The number of para-hydroxylation sites is 1. The number of aryl methyl sites for hydroxylation is 1. The van der Waals surface area contributed by atoms with Gasteiger partial charge in [0.25, 0.3) is 0 Å². The minimum atomic E-state index is -2.93. The van der Waals surface area contributed by atoms with Crippen molar-refractivity contribution < 1.29 is 18.3 Å². The van der Waals surface area contributed by atoms with Crippen LogP contribution in [0.15, 0.2) is 41.5 Å². The molecule has 2 N–H and O–H groups in total. The van der Waals surface area contributed by atoms with Gasteiger partial charge in [0.15, 0.2) is 17.5 Å². The zero-order valence-corrected chi connectivity index (χ0v) is 19.1. The average molecular weight is 520 g/mol. The quantitative estimate of drug-likeness (QED) is 0.298. The Kier molecular flexibility index (Phi) is 11.3. The Labute approximate surface area is 187 Å². The van der Waals surface area contributed by atoms with Crippen LogP contribution in [-0.2, 0) is 13.0 Å². The Morgan fingerprint density at radius 3 is 2.62 bits per heavy atom. The van der Waals surface area contributed by atoms with Crippen molar-refractivity contribution in [3.63, 3.8) is 0 Å². The van der Waals surface area contributed by atoms with Gasteiger partial charge in [-0.3, -0.25) is 9.98 Å². The number of aliphatic imine (C=N–C) groups is 1. The Balaban J connectivity index is 0.00000420. The van der Waals surface area contributed by atoms with E-state index in [4.69, 9.17) is 4.74 Å². The van der Waals surface area contributed by atoms with Gasteiger partial charge in [0.2, 0.25) is 0 Å². The van der Waals surface area contributed by atoms with Gasteiger partial charge in [0, 0.05) is 37.6 Å². The summed E-state index contributed by atoms with van der Waals surface area (Å²) in [7, 11) is 1.65. The van der Waals surface area contributed by atoms with Gasteiger partial charge in [-0.2, -0.15) is 8.78 Å². The molecule has 6 nitrogen and oxygen atoms in total. The Morgan fingerprint density at radius 2 is 2.00 bits per heavy atom. The first-order valence-electron chi connectivity index (χ1n) is 9.09. The second-order valence-electron chi connectivity index (χ2n) is 5.97. The molecule has 0 aliphatic carbocycles. The predicted molar refractivity (Wildman–Crippen MR) is 121 cm³/mol. The molecule has 1 aromatic carbocycles. The lowest BCUT2D eigenvalue weighted by molar-refractivity contribution is -0.0520. The van der Waals surface area contributed by atoms with Crippen LogP contribution >= 0.6 is 24.0 Å². The molecule has 0 atom stereocenters. The van der Waals surface area contributed by atoms with E-state index in [9.17, 15) is 8.78 Å². The summed E-state index contributed by atoms with van der Waals surface area (Å²) < 4.78 is 35.7. The van der Waals surface area contributed by atoms with Crippen LogP contribution in [0.1, 0.15) is 23.7 Å². The number of rotatable bonds is 9. The minimum absolute atomic E-state index is 0. The maximum absolute atomic E-state index is 12.8. The number of halogens is 3. The molecule has 9 heteroatoms. The predicted octanol–water partition coefficient (Wildman–Crippen LogP) is 3.92. The molecule has 2 aromatic rings. The normalized spacial score (nSPS) is 11.0. The van der Waals surface area contributed by atoms with E-state index in [0.29, 0.717) is 24.7 Å². The second kappa shape index (κ2) is 13.1. The number of guanidine groups is 1. The van der Waals surface area contributed by atoms with Crippen LogP contribution in [-0.4, -0.2) is 37.8 Å². The highest BCUT2D eigenvalue weighted by Crippen LogP contribution is 2.32.